The number of nitrogens with one attached hydrogen (secondary N) is 1. The lowest BCUT2D eigenvalue weighted by molar-refractivity contribution is -0.153. The van der Waals surface area contributed by atoms with Gasteiger partial charge in [-0.25, -0.2) is 8.42 Å². The Balaban J connectivity index is 1.60. The van der Waals surface area contributed by atoms with Crippen molar-refractivity contribution in [1.82, 2.24) is 0 Å². The predicted octanol–water partition coefficient (Wildman–Crippen LogP) is 1.97. The van der Waals surface area contributed by atoms with E-state index in [0.29, 0.717) is 23.6 Å². The molecule has 1 fully saturated rings. The molecule has 2 aliphatic rings. The lowest BCUT2D eigenvalue weighted by Crippen LogP contribution is -2.46. The number of ether oxygens (including phenoxy) is 3. The molecule has 0 radical (unpaired) electrons. The van der Waals surface area contributed by atoms with Crippen LogP contribution in [0.15, 0.2) is 47.4 Å². The van der Waals surface area contributed by atoms with Crippen LogP contribution in [-0.4, -0.2) is 56.6 Å². The summed E-state index contributed by atoms with van der Waals surface area (Å²) in [5, 5.41) is 18.8. The van der Waals surface area contributed by atoms with Gasteiger partial charge in [-0.15, -0.1) is 0 Å². The highest BCUT2D eigenvalue weighted by Gasteiger charge is 2.46. The third-order valence-electron chi connectivity index (χ3n) is 5.51. The number of hydrogen-bond acceptors (Lipinski definition) is 7. The van der Waals surface area contributed by atoms with Gasteiger partial charge in [0.05, 0.1) is 31.1 Å². The number of carboxylic acid groups (broad SMARTS) is 1. The molecule has 0 amide bonds. The fourth-order valence-electron chi connectivity index (χ4n) is 4.13. The summed E-state index contributed by atoms with van der Waals surface area (Å²) in [6, 6.07) is 11.1. The van der Waals surface area contributed by atoms with Crippen LogP contribution in [0, 0.1) is 0 Å². The van der Waals surface area contributed by atoms with Crippen molar-refractivity contribution in [3.63, 3.8) is 0 Å². The van der Waals surface area contributed by atoms with Gasteiger partial charge >= 0.3 is 5.97 Å². The Morgan fingerprint density at radius 2 is 2.06 bits per heavy atom. The van der Waals surface area contributed by atoms with Gasteiger partial charge in [-0.3, -0.25) is 9.52 Å². The van der Waals surface area contributed by atoms with E-state index in [4.69, 9.17) is 19.3 Å². The maximum atomic E-state index is 12.8. The first-order chi connectivity index (χ1) is 14.8. The number of methoxy groups -OCH3 is 1. The first-order valence-electron chi connectivity index (χ1n) is 9.76. The molecule has 0 bridgehead atoms. The first kappa shape index (κ1) is 21.4. The lowest BCUT2D eigenvalue weighted by Gasteiger charge is -2.36. The van der Waals surface area contributed by atoms with E-state index in [-0.39, 0.29) is 23.8 Å². The Labute approximate surface area is 179 Å². The molecule has 0 aromatic heterocycles. The molecule has 3 N–H and O–H groups in total. The fraction of sp³-hybridized carbons (Fsp3) is 0.381. The normalized spacial score (nSPS) is 24.6. The number of sulfonamides is 1. The van der Waals surface area contributed by atoms with Crippen molar-refractivity contribution < 1.29 is 37.6 Å². The third kappa shape index (κ3) is 4.32. The highest BCUT2D eigenvalue weighted by Crippen LogP contribution is 2.47. The number of carbonyl (C=O) groups is 1. The van der Waals surface area contributed by atoms with Gasteiger partial charge in [0.1, 0.15) is 23.7 Å². The minimum absolute atomic E-state index is 0.0643. The summed E-state index contributed by atoms with van der Waals surface area (Å²) in [6.07, 6.45) is -1.48. The van der Waals surface area contributed by atoms with Gasteiger partial charge in [0, 0.05) is 23.2 Å². The molecule has 4 rings (SSSR count). The van der Waals surface area contributed by atoms with Crippen molar-refractivity contribution in [3.8, 4) is 11.5 Å². The highest BCUT2D eigenvalue weighted by molar-refractivity contribution is 7.92. The largest absolute Gasteiger partial charge is 0.497 e. The number of rotatable bonds is 7. The van der Waals surface area contributed by atoms with Crippen LogP contribution in [0.3, 0.4) is 0 Å². The topological polar surface area (TPSA) is 131 Å². The average molecular weight is 449 g/mol. The number of fused-ring (bicyclic) bond motifs is 3. The number of anilines is 1. The van der Waals surface area contributed by atoms with Crippen LogP contribution in [0.1, 0.15) is 24.3 Å². The van der Waals surface area contributed by atoms with E-state index in [1.165, 1.54) is 19.2 Å². The maximum absolute atomic E-state index is 12.8. The number of aliphatic carboxylic acids is 1. The second-order valence-corrected chi connectivity index (χ2v) is 9.22. The number of aliphatic hydroxyl groups excluding tert-OH is 1. The molecule has 4 atom stereocenters. The van der Waals surface area contributed by atoms with Crippen molar-refractivity contribution in [2.24, 2.45) is 0 Å². The molecule has 2 heterocycles. The van der Waals surface area contributed by atoms with Crippen molar-refractivity contribution in [2.45, 2.75) is 42.0 Å². The summed E-state index contributed by atoms with van der Waals surface area (Å²) >= 11 is 0. The molecule has 10 heteroatoms. The predicted molar refractivity (Wildman–Crippen MR) is 110 cm³/mol. The molecule has 9 nitrogen and oxygen atoms in total. The molecule has 2 aromatic rings. The molecule has 2 aromatic carbocycles. The minimum Gasteiger partial charge on any atom is -0.497 e. The van der Waals surface area contributed by atoms with Gasteiger partial charge in [0.25, 0.3) is 10.0 Å². The Morgan fingerprint density at radius 3 is 2.77 bits per heavy atom. The van der Waals surface area contributed by atoms with Crippen LogP contribution >= 0.6 is 0 Å². The number of benzene rings is 2. The Morgan fingerprint density at radius 1 is 1.26 bits per heavy atom. The van der Waals surface area contributed by atoms with Gasteiger partial charge in [-0.05, 0) is 36.8 Å². The van der Waals surface area contributed by atoms with Gasteiger partial charge in [-0.2, -0.15) is 0 Å². The summed E-state index contributed by atoms with van der Waals surface area (Å²) in [4.78, 5) is 11.2. The highest BCUT2D eigenvalue weighted by atomic mass is 32.2. The SMILES string of the molecule is COc1cccc(S(=O)(=O)Nc2ccc3c(c2)[C@H]2C[C@@H](CC(=O)O)O[C@H](CO)[C@H]2O3)c1. The van der Waals surface area contributed by atoms with Crippen LogP contribution < -0.4 is 14.2 Å². The zero-order valence-corrected chi connectivity index (χ0v) is 17.5. The lowest BCUT2D eigenvalue weighted by atomic mass is 9.84. The summed E-state index contributed by atoms with van der Waals surface area (Å²) in [5.41, 5.74) is 1.11. The summed E-state index contributed by atoms with van der Waals surface area (Å²) in [5.74, 6) is -0.210. The van der Waals surface area contributed by atoms with Crippen LogP contribution in [0.5, 0.6) is 11.5 Å². The van der Waals surface area contributed by atoms with Gasteiger partial charge in [0.2, 0.25) is 0 Å². The van der Waals surface area contributed by atoms with Crippen molar-refractivity contribution >= 4 is 21.7 Å². The Kier molecular flexibility index (Phi) is 5.78. The second-order valence-electron chi connectivity index (χ2n) is 7.54. The monoisotopic (exact) mass is 449 g/mol. The number of aliphatic hydroxyl groups is 1. The zero-order valence-electron chi connectivity index (χ0n) is 16.7. The Hall–Kier alpha value is -2.82. The minimum atomic E-state index is -3.85. The van der Waals surface area contributed by atoms with E-state index in [0.717, 1.165) is 5.56 Å². The Bertz CT molecular complexity index is 1090. The maximum Gasteiger partial charge on any atom is 0.305 e. The smallest absolute Gasteiger partial charge is 0.305 e. The molecule has 31 heavy (non-hydrogen) atoms. The standard InChI is InChI=1S/C21H23NO8S/c1-28-13-3-2-4-15(8-13)31(26,27)22-12-5-6-18-16(7-12)17-9-14(10-20(24)25)29-19(11-23)21(17)30-18/h2-8,14,17,19,21-23H,9-11H2,1H3,(H,24,25)/t14-,17+,19+,21-/m0/s1. The summed E-state index contributed by atoms with van der Waals surface area (Å²) in [6.45, 7) is -0.305. The quantitative estimate of drug-likeness (QED) is 0.585. The molecule has 166 valence electrons. The third-order valence-corrected chi connectivity index (χ3v) is 6.88. The van der Waals surface area contributed by atoms with E-state index in [1.54, 1.807) is 30.3 Å². The van der Waals surface area contributed by atoms with Crippen LogP contribution in [-0.2, 0) is 19.6 Å². The molecule has 0 unspecified atom stereocenters. The molecular formula is C21H23NO8S. The molecule has 0 aliphatic carbocycles. The van der Waals surface area contributed by atoms with E-state index in [1.807, 2.05) is 0 Å². The molecular weight excluding hydrogens is 426 g/mol. The molecule has 0 spiro atoms. The van der Waals surface area contributed by atoms with E-state index in [2.05, 4.69) is 4.72 Å². The van der Waals surface area contributed by atoms with Crippen molar-refractivity contribution in [1.29, 1.82) is 0 Å². The van der Waals surface area contributed by atoms with Gasteiger partial charge in [-0.1, -0.05) is 6.07 Å². The summed E-state index contributed by atoms with van der Waals surface area (Å²) < 4.78 is 44.9. The van der Waals surface area contributed by atoms with E-state index < -0.39 is 34.3 Å². The number of hydrogen-bond donors (Lipinski definition) is 3. The van der Waals surface area contributed by atoms with Gasteiger partial charge in [0.15, 0.2) is 0 Å². The molecule has 1 saturated heterocycles. The van der Waals surface area contributed by atoms with Crippen LogP contribution in [0.25, 0.3) is 0 Å². The zero-order chi connectivity index (χ0) is 22.2. The second kappa shape index (κ2) is 8.37. The fourth-order valence-corrected chi connectivity index (χ4v) is 5.21. The van der Waals surface area contributed by atoms with E-state index in [9.17, 15) is 18.3 Å². The average Bonchev–Trinajstić information content (AvgIpc) is 3.10. The number of carboxylic acids is 1. The first-order valence-corrected chi connectivity index (χ1v) is 11.2. The van der Waals surface area contributed by atoms with Crippen LogP contribution in [0.2, 0.25) is 0 Å². The van der Waals surface area contributed by atoms with Crippen LogP contribution in [0.4, 0.5) is 5.69 Å². The van der Waals surface area contributed by atoms with Crippen molar-refractivity contribution in [2.75, 3.05) is 18.4 Å². The van der Waals surface area contributed by atoms with Gasteiger partial charge < -0.3 is 24.4 Å². The molecule has 0 saturated carbocycles. The summed E-state index contributed by atoms with van der Waals surface area (Å²) in [7, 11) is -2.39. The van der Waals surface area contributed by atoms with E-state index >= 15 is 0 Å². The van der Waals surface area contributed by atoms with Crippen molar-refractivity contribution in [3.05, 3.63) is 48.0 Å². The molecule has 2 aliphatic heterocycles.